The van der Waals surface area contributed by atoms with Crippen molar-refractivity contribution in [1.82, 2.24) is 15.1 Å². The molecule has 20 heavy (non-hydrogen) atoms. The molecule has 1 N–H and O–H groups in total. The minimum atomic E-state index is 0.183. The van der Waals surface area contributed by atoms with E-state index in [-0.39, 0.29) is 6.04 Å². The van der Waals surface area contributed by atoms with Crippen LogP contribution in [-0.2, 0) is 13.0 Å². The molecule has 0 aliphatic heterocycles. The number of hydrogen-bond acceptors (Lipinski definition) is 2. The first-order valence-electron chi connectivity index (χ1n) is 6.78. The molecule has 0 aliphatic carbocycles. The third-order valence-corrected chi connectivity index (χ3v) is 3.92. The van der Waals surface area contributed by atoms with E-state index >= 15 is 0 Å². The number of benzene rings is 1. The highest BCUT2D eigenvalue weighted by molar-refractivity contribution is 6.35. The second-order valence-electron chi connectivity index (χ2n) is 4.76. The summed E-state index contributed by atoms with van der Waals surface area (Å²) in [5.74, 6) is 0. The summed E-state index contributed by atoms with van der Waals surface area (Å²) in [6.07, 6.45) is 3.72. The number of nitrogens with zero attached hydrogens (tertiary/aromatic N) is 2. The zero-order valence-electron chi connectivity index (χ0n) is 11.7. The normalized spacial score (nSPS) is 12.6. The van der Waals surface area contributed by atoms with Crippen LogP contribution in [0.3, 0.4) is 0 Å². The monoisotopic (exact) mass is 311 g/mol. The van der Waals surface area contributed by atoms with E-state index in [2.05, 4.69) is 23.4 Å². The van der Waals surface area contributed by atoms with Crippen LogP contribution in [0.4, 0.5) is 0 Å². The van der Waals surface area contributed by atoms with Crippen LogP contribution < -0.4 is 5.32 Å². The topological polar surface area (TPSA) is 29.9 Å². The van der Waals surface area contributed by atoms with Crippen molar-refractivity contribution in [3.05, 3.63) is 51.8 Å². The van der Waals surface area contributed by atoms with Crippen LogP contribution in [0.5, 0.6) is 0 Å². The predicted molar refractivity (Wildman–Crippen MR) is 84.5 cm³/mol. The number of aromatic nitrogens is 2. The van der Waals surface area contributed by atoms with Gasteiger partial charge in [-0.05, 0) is 43.7 Å². The van der Waals surface area contributed by atoms with Crippen LogP contribution in [0.25, 0.3) is 0 Å². The Morgan fingerprint density at radius 2 is 2.10 bits per heavy atom. The van der Waals surface area contributed by atoms with Gasteiger partial charge in [-0.25, -0.2) is 0 Å². The number of rotatable bonds is 6. The van der Waals surface area contributed by atoms with Crippen molar-refractivity contribution in [2.24, 2.45) is 0 Å². The molecular weight excluding hydrogens is 293 g/mol. The minimum Gasteiger partial charge on any atom is -0.311 e. The van der Waals surface area contributed by atoms with Crippen LogP contribution in [0.1, 0.15) is 30.6 Å². The largest absolute Gasteiger partial charge is 0.311 e. The van der Waals surface area contributed by atoms with E-state index in [9.17, 15) is 0 Å². The smallest absolute Gasteiger partial charge is 0.0556 e. The summed E-state index contributed by atoms with van der Waals surface area (Å²) in [6.45, 7) is 3.07. The second-order valence-corrected chi connectivity index (χ2v) is 5.60. The van der Waals surface area contributed by atoms with E-state index in [1.54, 1.807) is 6.07 Å². The summed E-state index contributed by atoms with van der Waals surface area (Å²) in [7, 11) is 1.96. The lowest BCUT2D eigenvalue weighted by molar-refractivity contribution is 0.497. The third kappa shape index (κ3) is 3.54. The van der Waals surface area contributed by atoms with E-state index in [1.807, 2.05) is 30.1 Å². The highest BCUT2D eigenvalue weighted by Gasteiger charge is 2.16. The van der Waals surface area contributed by atoms with Crippen molar-refractivity contribution in [1.29, 1.82) is 0 Å². The number of nitrogens with one attached hydrogen (secondary N) is 1. The minimum absolute atomic E-state index is 0.183. The summed E-state index contributed by atoms with van der Waals surface area (Å²) in [5.41, 5.74) is 2.26. The van der Waals surface area contributed by atoms with E-state index in [0.717, 1.165) is 24.9 Å². The average molecular weight is 312 g/mol. The summed E-state index contributed by atoms with van der Waals surface area (Å²) in [5, 5.41) is 9.09. The molecule has 108 valence electrons. The lowest BCUT2D eigenvalue weighted by Crippen LogP contribution is -2.22. The predicted octanol–water partition coefficient (Wildman–Crippen LogP) is 4.10. The molecule has 2 rings (SSSR count). The van der Waals surface area contributed by atoms with E-state index in [0.29, 0.717) is 10.0 Å². The van der Waals surface area contributed by atoms with Gasteiger partial charge in [0.25, 0.3) is 0 Å². The van der Waals surface area contributed by atoms with Crippen LogP contribution in [0.2, 0.25) is 10.0 Å². The van der Waals surface area contributed by atoms with Gasteiger partial charge in [0.2, 0.25) is 0 Å². The first-order chi connectivity index (χ1) is 9.65. The Hall–Kier alpha value is -1.03. The third-order valence-electron chi connectivity index (χ3n) is 3.33. The molecule has 1 atom stereocenters. The van der Waals surface area contributed by atoms with Gasteiger partial charge in [0.15, 0.2) is 0 Å². The molecule has 1 aromatic carbocycles. The van der Waals surface area contributed by atoms with Gasteiger partial charge in [-0.2, -0.15) is 5.10 Å². The van der Waals surface area contributed by atoms with Crippen molar-refractivity contribution in [3.63, 3.8) is 0 Å². The Kier molecular flexibility index (Phi) is 5.46. The van der Waals surface area contributed by atoms with Crippen LogP contribution in [-0.4, -0.2) is 16.8 Å². The highest BCUT2D eigenvalue weighted by atomic mass is 35.5. The molecule has 2 aromatic rings. The fourth-order valence-electron chi connectivity index (χ4n) is 2.30. The Morgan fingerprint density at radius 3 is 2.75 bits per heavy atom. The molecule has 0 amide bonds. The standard InChI is InChI=1S/C15H19Cl2N3/c1-3-8-20-15(6-7-19-20)14(18-2)9-11-4-5-12(16)10-13(11)17/h4-7,10,14,18H,3,8-9H2,1-2H3. The fourth-order valence-corrected chi connectivity index (χ4v) is 2.78. The van der Waals surface area contributed by atoms with E-state index in [4.69, 9.17) is 23.2 Å². The average Bonchev–Trinajstić information content (AvgIpc) is 2.87. The van der Waals surface area contributed by atoms with Gasteiger partial charge in [0, 0.05) is 22.8 Å². The summed E-state index contributed by atoms with van der Waals surface area (Å²) >= 11 is 12.2. The molecule has 0 saturated heterocycles. The molecule has 0 spiro atoms. The van der Waals surface area contributed by atoms with Crippen molar-refractivity contribution >= 4 is 23.2 Å². The number of halogens is 2. The Bertz CT molecular complexity index is 566. The molecule has 0 saturated carbocycles. The molecule has 0 fully saturated rings. The zero-order valence-corrected chi connectivity index (χ0v) is 13.2. The highest BCUT2D eigenvalue weighted by Crippen LogP contribution is 2.26. The zero-order chi connectivity index (χ0) is 14.5. The summed E-state index contributed by atoms with van der Waals surface area (Å²) in [6, 6.07) is 7.88. The number of hydrogen-bond donors (Lipinski definition) is 1. The van der Waals surface area contributed by atoms with Gasteiger partial charge >= 0.3 is 0 Å². The number of likely N-dealkylation sites (N-methyl/N-ethyl adjacent to an activating group) is 1. The van der Waals surface area contributed by atoms with Gasteiger partial charge in [0.05, 0.1) is 11.7 Å². The number of aryl methyl sites for hydroxylation is 1. The van der Waals surface area contributed by atoms with Gasteiger partial charge in [-0.3, -0.25) is 4.68 Å². The Balaban J connectivity index is 2.22. The van der Waals surface area contributed by atoms with Crippen molar-refractivity contribution in [2.45, 2.75) is 32.4 Å². The molecule has 0 bridgehead atoms. The van der Waals surface area contributed by atoms with Crippen LogP contribution in [0.15, 0.2) is 30.5 Å². The van der Waals surface area contributed by atoms with E-state index in [1.165, 1.54) is 5.69 Å². The molecule has 3 nitrogen and oxygen atoms in total. The Morgan fingerprint density at radius 1 is 1.30 bits per heavy atom. The fraction of sp³-hybridized carbons (Fsp3) is 0.400. The van der Waals surface area contributed by atoms with Crippen LogP contribution >= 0.6 is 23.2 Å². The Labute approximate surface area is 129 Å². The van der Waals surface area contributed by atoms with E-state index < -0.39 is 0 Å². The maximum absolute atomic E-state index is 6.26. The van der Waals surface area contributed by atoms with Crippen molar-refractivity contribution in [2.75, 3.05) is 7.05 Å². The lowest BCUT2D eigenvalue weighted by Gasteiger charge is -2.18. The molecule has 5 heteroatoms. The lowest BCUT2D eigenvalue weighted by atomic mass is 10.0. The molecule has 1 aromatic heterocycles. The molecule has 1 heterocycles. The van der Waals surface area contributed by atoms with Crippen molar-refractivity contribution in [3.8, 4) is 0 Å². The molecule has 0 aliphatic rings. The van der Waals surface area contributed by atoms with Crippen LogP contribution in [0, 0.1) is 0 Å². The summed E-state index contributed by atoms with van der Waals surface area (Å²) < 4.78 is 2.05. The van der Waals surface area contributed by atoms with Crippen molar-refractivity contribution < 1.29 is 0 Å². The van der Waals surface area contributed by atoms with Gasteiger partial charge in [-0.15, -0.1) is 0 Å². The van der Waals surface area contributed by atoms with Gasteiger partial charge < -0.3 is 5.32 Å². The SMILES string of the molecule is CCCn1nccc1C(Cc1ccc(Cl)cc1Cl)NC. The summed E-state index contributed by atoms with van der Waals surface area (Å²) in [4.78, 5) is 0. The molecular formula is C15H19Cl2N3. The second kappa shape index (κ2) is 7.11. The maximum Gasteiger partial charge on any atom is 0.0556 e. The molecule has 0 radical (unpaired) electrons. The van der Waals surface area contributed by atoms with Gasteiger partial charge in [0.1, 0.15) is 0 Å². The van der Waals surface area contributed by atoms with Gasteiger partial charge in [-0.1, -0.05) is 36.2 Å². The first kappa shape index (κ1) is 15.4. The molecule has 1 unspecified atom stereocenters. The quantitative estimate of drug-likeness (QED) is 0.870. The first-order valence-corrected chi connectivity index (χ1v) is 7.54. The maximum atomic E-state index is 6.26.